The van der Waals surface area contributed by atoms with Gasteiger partial charge in [-0.1, -0.05) is 12.1 Å². The summed E-state index contributed by atoms with van der Waals surface area (Å²) in [5.74, 6) is 1.80. The third-order valence-corrected chi connectivity index (χ3v) is 5.24. The van der Waals surface area contributed by atoms with Crippen LogP contribution in [0.1, 0.15) is 12.8 Å². The van der Waals surface area contributed by atoms with Crippen LogP contribution >= 0.6 is 0 Å². The number of amides is 2. The molecule has 154 valence electrons. The Morgan fingerprint density at radius 1 is 1.07 bits per heavy atom. The Bertz CT molecular complexity index is 970. The van der Waals surface area contributed by atoms with Gasteiger partial charge >= 0.3 is 6.03 Å². The monoisotopic (exact) mass is 403 g/mol. The summed E-state index contributed by atoms with van der Waals surface area (Å²) in [5.41, 5.74) is 2.94. The second-order valence-corrected chi connectivity index (χ2v) is 7.23. The molecule has 4 rings (SSSR count). The molecule has 1 aliphatic heterocycles. The van der Waals surface area contributed by atoms with Gasteiger partial charge in [0.1, 0.15) is 11.6 Å². The van der Waals surface area contributed by atoms with Gasteiger partial charge in [0.2, 0.25) is 0 Å². The minimum atomic E-state index is -0.193. The van der Waals surface area contributed by atoms with Crippen LogP contribution in [-0.4, -0.2) is 42.2 Å². The Labute approximate surface area is 176 Å². The molecule has 30 heavy (non-hydrogen) atoms. The highest BCUT2D eigenvalue weighted by Crippen LogP contribution is 2.26. The Balaban J connectivity index is 1.33. The number of anilines is 2. The molecule has 1 fully saturated rings. The van der Waals surface area contributed by atoms with Gasteiger partial charge in [-0.15, -0.1) is 0 Å². The molecule has 1 aromatic carbocycles. The maximum absolute atomic E-state index is 12.2. The molecule has 3 aromatic rings. The number of rotatable bonds is 5. The molecule has 0 aliphatic carbocycles. The predicted octanol–water partition coefficient (Wildman–Crippen LogP) is 3.94. The zero-order valence-electron chi connectivity index (χ0n) is 16.9. The number of carbonyl (C=O) groups excluding carboxylic acids is 1. The van der Waals surface area contributed by atoms with Crippen molar-refractivity contribution >= 4 is 17.5 Å². The molecule has 1 saturated heterocycles. The van der Waals surface area contributed by atoms with Gasteiger partial charge in [-0.05, 0) is 60.4 Å². The SMILES string of the molecule is COc1ccc(-c2ccnc(N3CCC(NC(=O)Nc4cccnc4)CC3)c2)cc1. The van der Waals surface area contributed by atoms with Crippen molar-refractivity contribution in [2.24, 2.45) is 0 Å². The summed E-state index contributed by atoms with van der Waals surface area (Å²) < 4.78 is 5.24. The Morgan fingerprint density at radius 2 is 1.87 bits per heavy atom. The van der Waals surface area contributed by atoms with E-state index in [-0.39, 0.29) is 12.1 Å². The maximum Gasteiger partial charge on any atom is 0.319 e. The van der Waals surface area contributed by atoms with Crippen molar-refractivity contribution in [3.8, 4) is 16.9 Å². The van der Waals surface area contributed by atoms with Crippen LogP contribution in [0.2, 0.25) is 0 Å². The van der Waals surface area contributed by atoms with Crippen LogP contribution in [-0.2, 0) is 0 Å². The molecule has 0 spiro atoms. The van der Waals surface area contributed by atoms with E-state index in [0.29, 0.717) is 5.69 Å². The number of hydrogen-bond acceptors (Lipinski definition) is 5. The van der Waals surface area contributed by atoms with Crippen LogP contribution in [0.4, 0.5) is 16.3 Å². The molecule has 0 unspecified atom stereocenters. The Hall–Kier alpha value is -3.61. The van der Waals surface area contributed by atoms with Gasteiger partial charge in [-0.25, -0.2) is 9.78 Å². The average molecular weight is 403 g/mol. The topological polar surface area (TPSA) is 79.4 Å². The highest BCUT2D eigenvalue weighted by Gasteiger charge is 2.22. The summed E-state index contributed by atoms with van der Waals surface area (Å²) in [4.78, 5) is 23.0. The molecule has 7 nitrogen and oxygen atoms in total. The summed E-state index contributed by atoms with van der Waals surface area (Å²) in [6.07, 6.45) is 6.89. The van der Waals surface area contributed by atoms with E-state index in [1.165, 1.54) is 0 Å². The van der Waals surface area contributed by atoms with E-state index < -0.39 is 0 Å². The second-order valence-electron chi connectivity index (χ2n) is 7.23. The van der Waals surface area contributed by atoms with Crippen molar-refractivity contribution in [3.05, 3.63) is 67.1 Å². The number of ether oxygens (including phenoxy) is 1. The first-order valence-corrected chi connectivity index (χ1v) is 10.0. The summed E-state index contributed by atoms with van der Waals surface area (Å²) in [5, 5.41) is 5.87. The van der Waals surface area contributed by atoms with Gasteiger partial charge in [0, 0.05) is 31.5 Å². The van der Waals surface area contributed by atoms with Crippen molar-refractivity contribution < 1.29 is 9.53 Å². The normalized spacial score (nSPS) is 14.2. The fourth-order valence-corrected chi connectivity index (χ4v) is 3.60. The molecule has 0 radical (unpaired) electrons. The third-order valence-electron chi connectivity index (χ3n) is 5.24. The molecule has 1 aliphatic rings. The van der Waals surface area contributed by atoms with Crippen molar-refractivity contribution in [1.82, 2.24) is 15.3 Å². The van der Waals surface area contributed by atoms with Crippen molar-refractivity contribution in [1.29, 1.82) is 0 Å². The first kappa shape index (κ1) is 19.7. The molecule has 0 atom stereocenters. The van der Waals surface area contributed by atoms with Crippen molar-refractivity contribution in [2.45, 2.75) is 18.9 Å². The van der Waals surface area contributed by atoms with Crippen molar-refractivity contribution in [2.75, 3.05) is 30.4 Å². The fraction of sp³-hybridized carbons (Fsp3) is 0.261. The number of urea groups is 1. The average Bonchev–Trinajstić information content (AvgIpc) is 2.80. The van der Waals surface area contributed by atoms with Gasteiger partial charge in [0.15, 0.2) is 0 Å². The van der Waals surface area contributed by atoms with Crippen LogP contribution in [0.15, 0.2) is 67.1 Å². The van der Waals surface area contributed by atoms with Gasteiger partial charge in [0.05, 0.1) is 19.0 Å². The minimum Gasteiger partial charge on any atom is -0.497 e. The van der Waals surface area contributed by atoms with Crippen molar-refractivity contribution in [3.63, 3.8) is 0 Å². The van der Waals surface area contributed by atoms with E-state index in [4.69, 9.17) is 4.74 Å². The number of hydrogen-bond donors (Lipinski definition) is 2. The smallest absolute Gasteiger partial charge is 0.319 e. The highest BCUT2D eigenvalue weighted by atomic mass is 16.5. The molecule has 0 bridgehead atoms. The number of methoxy groups -OCH3 is 1. The second kappa shape index (κ2) is 9.26. The molecule has 2 N–H and O–H groups in total. The lowest BCUT2D eigenvalue weighted by atomic mass is 10.0. The van der Waals surface area contributed by atoms with E-state index in [0.717, 1.165) is 48.6 Å². The molecule has 7 heteroatoms. The van der Waals surface area contributed by atoms with E-state index in [1.54, 1.807) is 25.6 Å². The van der Waals surface area contributed by atoms with Gasteiger partial charge in [-0.2, -0.15) is 0 Å². The van der Waals surface area contributed by atoms with E-state index >= 15 is 0 Å². The number of piperidine rings is 1. The zero-order valence-corrected chi connectivity index (χ0v) is 16.9. The first-order chi connectivity index (χ1) is 14.7. The summed E-state index contributed by atoms with van der Waals surface area (Å²) >= 11 is 0. The molecular formula is C23H25N5O2. The maximum atomic E-state index is 12.2. The zero-order chi connectivity index (χ0) is 20.8. The summed E-state index contributed by atoms with van der Waals surface area (Å²) in [7, 11) is 1.67. The molecule has 2 amide bonds. The van der Waals surface area contributed by atoms with E-state index in [2.05, 4.69) is 43.7 Å². The first-order valence-electron chi connectivity index (χ1n) is 10.0. The standard InChI is InChI=1S/C23H25N5O2/c1-30-21-6-4-17(5-7-21)18-8-12-25-22(15-18)28-13-9-19(10-14-28)26-23(29)27-20-3-2-11-24-16-20/h2-8,11-12,15-16,19H,9-10,13-14H2,1H3,(H2,26,27,29). The summed E-state index contributed by atoms with van der Waals surface area (Å²) in [6.45, 7) is 1.69. The molecular weight excluding hydrogens is 378 g/mol. The summed E-state index contributed by atoms with van der Waals surface area (Å²) in [6, 6.07) is 15.7. The lowest BCUT2D eigenvalue weighted by molar-refractivity contribution is 0.246. The van der Waals surface area contributed by atoms with E-state index in [9.17, 15) is 4.79 Å². The van der Waals surface area contributed by atoms with Crippen LogP contribution in [0.25, 0.3) is 11.1 Å². The van der Waals surface area contributed by atoms with E-state index in [1.807, 2.05) is 30.5 Å². The number of nitrogens with one attached hydrogen (secondary N) is 2. The largest absolute Gasteiger partial charge is 0.497 e. The lowest BCUT2D eigenvalue weighted by Crippen LogP contribution is -2.46. The van der Waals surface area contributed by atoms with Crippen LogP contribution in [0.3, 0.4) is 0 Å². The molecule has 3 heterocycles. The minimum absolute atomic E-state index is 0.141. The molecule has 0 saturated carbocycles. The van der Waals surface area contributed by atoms with Crippen LogP contribution in [0, 0.1) is 0 Å². The van der Waals surface area contributed by atoms with Crippen LogP contribution in [0.5, 0.6) is 5.75 Å². The lowest BCUT2D eigenvalue weighted by Gasteiger charge is -2.33. The highest BCUT2D eigenvalue weighted by molar-refractivity contribution is 5.89. The van der Waals surface area contributed by atoms with Gasteiger partial charge < -0.3 is 20.3 Å². The fourth-order valence-electron chi connectivity index (χ4n) is 3.60. The number of aromatic nitrogens is 2. The Kier molecular flexibility index (Phi) is 6.08. The number of carbonyl (C=O) groups is 1. The number of pyridine rings is 2. The Morgan fingerprint density at radius 3 is 2.57 bits per heavy atom. The van der Waals surface area contributed by atoms with Gasteiger partial charge in [0.25, 0.3) is 0 Å². The molecule has 2 aromatic heterocycles. The quantitative estimate of drug-likeness (QED) is 0.675. The number of nitrogens with zero attached hydrogens (tertiary/aromatic N) is 3. The predicted molar refractivity (Wildman–Crippen MR) is 118 cm³/mol. The van der Waals surface area contributed by atoms with Gasteiger partial charge in [-0.3, -0.25) is 4.98 Å². The van der Waals surface area contributed by atoms with Crippen LogP contribution < -0.4 is 20.3 Å². The number of benzene rings is 1. The third kappa shape index (κ3) is 4.86.